The number of carbonyl (C=O) groups excluding carboxylic acids is 1. The number of aromatic nitrogens is 3. The highest BCUT2D eigenvalue weighted by Gasteiger charge is 2.35. The van der Waals surface area contributed by atoms with E-state index in [0.29, 0.717) is 13.1 Å². The Balaban J connectivity index is 2.03. The number of carboxylic acid groups (broad SMARTS) is 1. The highest BCUT2D eigenvalue weighted by molar-refractivity contribution is 5.84. The molecular formula is C12H18N4O5. The van der Waals surface area contributed by atoms with Crippen molar-refractivity contribution in [1.29, 1.82) is 0 Å². The molecule has 9 nitrogen and oxygen atoms in total. The van der Waals surface area contributed by atoms with Crippen LogP contribution in [-0.4, -0.2) is 73.4 Å². The number of hydrogen-bond donors (Lipinski definition) is 2. The zero-order valence-electron chi connectivity index (χ0n) is 11.9. The summed E-state index contributed by atoms with van der Waals surface area (Å²) in [5, 5.41) is 25.0. The van der Waals surface area contributed by atoms with Crippen LogP contribution in [0.25, 0.3) is 0 Å². The fraction of sp³-hybridized carbons (Fsp3) is 0.667. The Hall–Kier alpha value is -2.00. The van der Waals surface area contributed by atoms with Crippen LogP contribution >= 0.6 is 0 Å². The first-order valence-corrected chi connectivity index (χ1v) is 6.50. The van der Waals surface area contributed by atoms with Gasteiger partial charge in [-0.3, -0.25) is 4.79 Å². The maximum atomic E-state index is 12.2. The molecule has 1 unspecified atom stereocenters. The van der Waals surface area contributed by atoms with Crippen LogP contribution in [0.4, 0.5) is 0 Å². The molecule has 1 saturated heterocycles. The standard InChI is InChI=1S/C12H18N4O5/c1-12(2)7-15(3-8(6-17)21-12)10(18)5-16-4-9(11(19)20)13-14-16/h4,8,17H,3,5-7H2,1-2H3,(H,19,20). The second kappa shape index (κ2) is 5.78. The lowest BCUT2D eigenvalue weighted by molar-refractivity contribution is -0.167. The number of rotatable bonds is 4. The van der Waals surface area contributed by atoms with Crippen LogP contribution in [0.2, 0.25) is 0 Å². The van der Waals surface area contributed by atoms with Crippen molar-refractivity contribution < 1.29 is 24.5 Å². The Bertz CT molecular complexity index is 542. The van der Waals surface area contributed by atoms with Crippen LogP contribution in [0, 0.1) is 0 Å². The maximum Gasteiger partial charge on any atom is 0.358 e. The van der Waals surface area contributed by atoms with Crippen molar-refractivity contribution in [2.75, 3.05) is 19.7 Å². The molecule has 2 N–H and O–H groups in total. The lowest BCUT2D eigenvalue weighted by atomic mass is 10.1. The molecular weight excluding hydrogens is 280 g/mol. The Morgan fingerprint density at radius 2 is 2.24 bits per heavy atom. The van der Waals surface area contributed by atoms with Gasteiger partial charge in [-0.05, 0) is 13.8 Å². The third-order valence-corrected chi connectivity index (χ3v) is 3.09. The molecule has 116 valence electrons. The van der Waals surface area contributed by atoms with E-state index in [1.165, 1.54) is 10.9 Å². The fourth-order valence-corrected chi connectivity index (χ4v) is 2.29. The molecule has 0 saturated carbocycles. The van der Waals surface area contributed by atoms with Gasteiger partial charge in [-0.25, -0.2) is 9.48 Å². The molecule has 0 spiro atoms. The quantitative estimate of drug-likeness (QED) is 0.730. The molecule has 0 radical (unpaired) electrons. The lowest BCUT2D eigenvalue weighted by Crippen LogP contribution is -2.56. The van der Waals surface area contributed by atoms with Crippen LogP contribution in [0.3, 0.4) is 0 Å². The van der Waals surface area contributed by atoms with Crippen molar-refractivity contribution in [2.45, 2.75) is 32.1 Å². The van der Waals surface area contributed by atoms with E-state index >= 15 is 0 Å². The average molecular weight is 298 g/mol. The van der Waals surface area contributed by atoms with Crippen molar-refractivity contribution in [1.82, 2.24) is 19.9 Å². The van der Waals surface area contributed by atoms with Crippen molar-refractivity contribution in [3.05, 3.63) is 11.9 Å². The van der Waals surface area contributed by atoms with Crippen molar-refractivity contribution in [3.8, 4) is 0 Å². The number of aliphatic hydroxyl groups excluding tert-OH is 1. The minimum atomic E-state index is -1.19. The number of aromatic carboxylic acids is 1. The molecule has 2 rings (SSSR count). The van der Waals surface area contributed by atoms with E-state index in [1.807, 2.05) is 13.8 Å². The molecule has 1 aromatic heterocycles. The van der Waals surface area contributed by atoms with Crippen molar-refractivity contribution in [3.63, 3.8) is 0 Å². The van der Waals surface area contributed by atoms with E-state index in [0.717, 1.165) is 0 Å². The van der Waals surface area contributed by atoms with E-state index < -0.39 is 17.7 Å². The van der Waals surface area contributed by atoms with Gasteiger partial charge in [0, 0.05) is 13.1 Å². The van der Waals surface area contributed by atoms with E-state index in [4.69, 9.17) is 9.84 Å². The zero-order chi connectivity index (χ0) is 15.6. The second-order valence-electron chi connectivity index (χ2n) is 5.56. The summed E-state index contributed by atoms with van der Waals surface area (Å²) in [6.45, 7) is 4.09. The number of carbonyl (C=O) groups is 2. The largest absolute Gasteiger partial charge is 0.476 e. The number of hydrogen-bond acceptors (Lipinski definition) is 6. The molecule has 1 amide bonds. The first kappa shape index (κ1) is 15.4. The molecule has 1 aliphatic rings. The topological polar surface area (TPSA) is 118 Å². The van der Waals surface area contributed by atoms with Gasteiger partial charge in [0.1, 0.15) is 6.54 Å². The van der Waals surface area contributed by atoms with Crippen LogP contribution in [0.1, 0.15) is 24.3 Å². The lowest BCUT2D eigenvalue weighted by Gasteiger charge is -2.42. The Morgan fingerprint density at radius 3 is 2.81 bits per heavy atom. The van der Waals surface area contributed by atoms with Crippen LogP contribution in [0.5, 0.6) is 0 Å². The Kier molecular flexibility index (Phi) is 4.24. The van der Waals surface area contributed by atoms with Gasteiger partial charge >= 0.3 is 5.97 Å². The van der Waals surface area contributed by atoms with E-state index in [1.54, 1.807) is 4.90 Å². The highest BCUT2D eigenvalue weighted by Crippen LogP contribution is 2.21. The van der Waals surface area contributed by atoms with E-state index in [9.17, 15) is 14.7 Å². The molecule has 0 aliphatic carbocycles. The summed E-state index contributed by atoms with van der Waals surface area (Å²) >= 11 is 0. The summed E-state index contributed by atoms with van der Waals surface area (Å²) < 4.78 is 6.82. The minimum absolute atomic E-state index is 0.103. The third kappa shape index (κ3) is 3.76. The fourth-order valence-electron chi connectivity index (χ4n) is 2.29. The number of ether oxygens (including phenoxy) is 1. The Labute approximate surface area is 121 Å². The first-order chi connectivity index (χ1) is 9.80. The van der Waals surface area contributed by atoms with Crippen LogP contribution < -0.4 is 0 Å². The van der Waals surface area contributed by atoms with Crippen molar-refractivity contribution in [2.24, 2.45) is 0 Å². The molecule has 1 atom stereocenters. The average Bonchev–Trinajstić information content (AvgIpc) is 2.85. The number of carboxylic acids is 1. The van der Waals surface area contributed by atoms with Gasteiger partial charge < -0.3 is 19.8 Å². The summed E-state index contributed by atoms with van der Waals surface area (Å²) in [7, 11) is 0. The predicted molar refractivity (Wildman–Crippen MR) is 69.6 cm³/mol. The maximum absolute atomic E-state index is 12.2. The molecule has 21 heavy (non-hydrogen) atoms. The monoisotopic (exact) mass is 298 g/mol. The summed E-state index contributed by atoms with van der Waals surface area (Å²) in [5.74, 6) is -1.42. The zero-order valence-corrected chi connectivity index (χ0v) is 11.9. The number of morpholine rings is 1. The van der Waals surface area contributed by atoms with Gasteiger partial charge in [0.2, 0.25) is 5.91 Å². The highest BCUT2D eigenvalue weighted by atomic mass is 16.5. The summed E-state index contributed by atoms with van der Waals surface area (Å²) in [4.78, 5) is 24.5. The first-order valence-electron chi connectivity index (χ1n) is 6.50. The molecule has 0 bridgehead atoms. The molecule has 2 heterocycles. The summed E-state index contributed by atoms with van der Waals surface area (Å²) in [5.41, 5.74) is -0.756. The van der Waals surface area contributed by atoms with Crippen LogP contribution in [0.15, 0.2) is 6.20 Å². The number of nitrogens with zero attached hydrogens (tertiary/aromatic N) is 4. The smallest absolute Gasteiger partial charge is 0.358 e. The molecule has 9 heteroatoms. The molecule has 1 fully saturated rings. The van der Waals surface area contributed by atoms with Gasteiger partial charge in [-0.2, -0.15) is 0 Å². The molecule has 1 aliphatic heterocycles. The molecule has 1 aromatic rings. The third-order valence-electron chi connectivity index (χ3n) is 3.09. The van der Waals surface area contributed by atoms with Gasteiger partial charge in [0.25, 0.3) is 0 Å². The minimum Gasteiger partial charge on any atom is -0.476 e. The summed E-state index contributed by atoms with van der Waals surface area (Å²) in [6.07, 6.45) is 0.776. The summed E-state index contributed by atoms with van der Waals surface area (Å²) in [6, 6.07) is 0. The normalized spacial score (nSPS) is 21.3. The second-order valence-corrected chi connectivity index (χ2v) is 5.56. The van der Waals surface area contributed by atoms with Gasteiger partial charge in [-0.15, -0.1) is 5.10 Å². The van der Waals surface area contributed by atoms with Crippen molar-refractivity contribution >= 4 is 11.9 Å². The van der Waals surface area contributed by atoms with Gasteiger partial charge in [0.15, 0.2) is 5.69 Å². The van der Waals surface area contributed by atoms with Gasteiger partial charge in [0.05, 0.1) is 24.5 Å². The SMILES string of the molecule is CC1(C)CN(C(=O)Cn2cc(C(=O)O)nn2)CC(CO)O1. The van der Waals surface area contributed by atoms with Crippen LogP contribution in [-0.2, 0) is 16.1 Å². The predicted octanol–water partition coefficient (Wildman–Crippen LogP) is -1.03. The number of aliphatic hydroxyl groups is 1. The Morgan fingerprint density at radius 1 is 1.52 bits per heavy atom. The van der Waals surface area contributed by atoms with E-state index in [2.05, 4.69) is 10.3 Å². The number of amides is 1. The molecule has 0 aromatic carbocycles. The van der Waals surface area contributed by atoms with E-state index in [-0.39, 0.29) is 24.8 Å². The van der Waals surface area contributed by atoms with Gasteiger partial charge in [-0.1, -0.05) is 5.21 Å².